The van der Waals surface area contributed by atoms with E-state index in [2.05, 4.69) is 4.72 Å². The van der Waals surface area contributed by atoms with Crippen LogP contribution in [-0.4, -0.2) is 21.6 Å². The molecule has 0 aliphatic heterocycles. The summed E-state index contributed by atoms with van der Waals surface area (Å²) in [5.74, 6) is 0.729. The van der Waals surface area contributed by atoms with Gasteiger partial charge < -0.3 is 10.5 Å². The van der Waals surface area contributed by atoms with Crippen molar-refractivity contribution in [3.05, 3.63) is 46.2 Å². The van der Waals surface area contributed by atoms with E-state index in [-0.39, 0.29) is 24.6 Å². The highest BCUT2D eigenvalue weighted by Gasteiger charge is 2.18. The van der Waals surface area contributed by atoms with Crippen molar-refractivity contribution < 1.29 is 13.2 Å². The average molecular weight is 326 g/mol. The summed E-state index contributed by atoms with van der Waals surface area (Å²) in [6.45, 7) is 2.66. The van der Waals surface area contributed by atoms with Gasteiger partial charge in [-0.25, -0.2) is 13.1 Å². The maximum Gasteiger partial charge on any atom is 0.241 e. The molecule has 2 aromatic rings. The number of sulfonamides is 1. The molecule has 3 N–H and O–H groups in total. The SMILES string of the molecule is Cc1cccc(OCCNS(=O)(=O)c2ccsc2CN)c1. The normalized spacial score (nSPS) is 11.5. The first-order valence-corrected chi connectivity index (χ1v) is 8.85. The number of aryl methyl sites for hydroxylation is 1. The van der Waals surface area contributed by atoms with E-state index in [0.29, 0.717) is 4.88 Å². The number of benzene rings is 1. The van der Waals surface area contributed by atoms with Gasteiger partial charge in [-0.05, 0) is 36.1 Å². The van der Waals surface area contributed by atoms with Gasteiger partial charge in [0.15, 0.2) is 0 Å². The summed E-state index contributed by atoms with van der Waals surface area (Å²) >= 11 is 1.34. The molecule has 5 nitrogen and oxygen atoms in total. The largest absolute Gasteiger partial charge is 0.492 e. The first kappa shape index (κ1) is 16.0. The van der Waals surface area contributed by atoms with Crippen molar-refractivity contribution in [1.82, 2.24) is 4.72 Å². The Kier molecular flexibility index (Phi) is 5.35. The van der Waals surface area contributed by atoms with Crippen LogP contribution in [0, 0.1) is 6.92 Å². The van der Waals surface area contributed by atoms with Crippen LogP contribution in [0.15, 0.2) is 40.6 Å². The summed E-state index contributed by atoms with van der Waals surface area (Å²) in [7, 11) is -3.52. The molecule has 21 heavy (non-hydrogen) atoms. The van der Waals surface area contributed by atoms with Gasteiger partial charge in [-0.3, -0.25) is 0 Å². The second-order valence-corrected chi connectivity index (χ2v) is 7.21. The van der Waals surface area contributed by atoms with Crippen molar-refractivity contribution in [3.63, 3.8) is 0 Å². The van der Waals surface area contributed by atoms with Crippen LogP contribution in [-0.2, 0) is 16.6 Å². The number of rotatable bonds is 7. The van der Waals surface area contributed by atoms with Crippen LogP contribution < -0.4 is 15.2 Å². The molecule has 0 aliphatic rings. The van der Waals surface area contributed by atoms with Gasteiger partial charge in [0.1, 0.15) is 12.4 Å². The molecule has 0 saturated carbocycles. The summed E-state index contributed by atoms with van der Waals surface area (Å²) in [5.41, 5.74) is 6.63. The van der Waals surface area contributed by atoms with E-state index >= 15 is 0 Å². The monoisotopic (exact) mass is 326 g/mol. The van der Waals surface area contributed by atoms with Gasteiger partial charge in [-0.15, -0.1) is 11.3 Å². The van der Waals surface area contributed by atoms with Crippen molar-refractivity contribution in [3.8, 4) is 5.75 Å². The highest BCUT2D eigenvalue weighted by Crippen LogP contribution is 2.20. The van der Waals surface area contributed by atoms with E-state index < -0.39 is 10.0 Å². The van der Waals surface area contributed by atoms with Crippen molar-refractivity contribution in [2.75, 3.05) is 13.2 Å². The van der Waals surface area contributed by atoms with E-state index in [9.17, 15) is 8.42 Å². The topological polar surface area (TPSA) is 81.4 Å². The van der Waals surface area contributed by atoms with Crippen molar-refractivity contribution in [2.45, 2.75) is 18.4 Å². The lowest BCUT2D eigenvalue weighted by atomic mass is 10.2. The summed E-state index contributed by atoms with van der Waals surface area (Å²) in [5, 5.41) is 1.72. The van der Waals surface area contributed by atoms with E-state index in [1.807, 2.05) is 31.2 Å². The molecule has 0 amide bonds. The van der Waals surface area contributed by atoms with Crippen LogP contribution in [0.5, 0.6) is 5.75 Å². The third-order valence-corrected chi connectivity index (χ3v) is 5.45. The number of thiophene rings is 1. The molecular weight excluding hydrogens is 308 g/mol. The highest BCUT2D eigenvalue weighted by molar-refractivity contribution is 7.89. The number of nitrogens with one attached hydrogen (secondary N) is 1. The Morgan fingerprint density at radius 2 is 2.14 bits per heavy atom. The summed E-state index contributed by atoms with van der Waals surface area (Å²) in [6.07, 6.45) is 0. The Hall–Kier alpha value is -1.41. The van der Waals surface area contributed by atoms with Gasteiger partial charge in [0, 0.05) is 18.0 Å². The number of hydrogen-bond donors (Lipinski definition) is 2. The Morgan fingerprint density at radius 3 is 2.86 bits per heavy atom. The van der Waals surface area contributed by atoms with Gasteiger partial charge in [-0.1, -0.05) is 12.1 Å². The molecule has 114 valence electrons. The molecule has 1 aromatic carbocycles. The zero-order valence-electron chi connectivity index (χ0n) is 11.7. The van der Waals surface area contributed by atoms with Crippen LogP contribution >= 0.6 is 11.3 Å². The quantitative estimate of drug-likeness (QED) is 0.761. The molecule has 0 bridgehead atoms. The zero-order valence-corrected chi connectivity index (χ0v) is 13.3. The average Bonchev–Trinajstić information content (AvgIpc) is 2.93. The maximum atomic E-state index is 12.1. The van der Waals surface area contributed by atoms with Gasteiger partial charge in [0.05, 0.1) is 4.90 Å². The van der Waals surface area contributed by atoms with Gasteiger partial charge in [-0.2, -0.15) is 0 Å². The van der Waals surface area contributed by atoms with Crippen LogP contribution in [0.3, 0.4) is 0 Å². The fourth-order valence-electron chi connectivity index (χ4n) is 1.84. The zero-order chi connectivity index (χ0) is 15.3. The molecule has 2 rings (SSSR count). The molecule has 0 aliphatic carbocycles. The Labute approximate surface area is 128 Å². The van der Waals surface area contributed by atoms with Crippen molar-refractivity contribution in [2.24, 2.45) is 5.73 Å². The summed E-state index contributed by atoms with van der Waals surface area (Å²) < 4.78 is 32.3. The minimum atomic E-state index is -3.52. The van der Waals surface area contributed by atoms with E-state index in [1.54, 1.807) is 11.4 Å². The molecule has 0 saturated heterocycles. The summed E-state index contributed by atoms with van der Waals surface area (Å²) in [6, 6.07) is 9.18. The van der Waals surface area contributed by atoms with E-state index in [0.717, 1.165) is 11.3 Å². The fraction of sp³-hybridized carbons (Fsp3) is 0.286. The van der Waals surface area contributed by atoms with Crippen molar-refractivity contribution in [1.29, 1.82) is 0 Å². The number of nitrogens with two attached hydrogens (primary N) is 1. The Balaban J connectivity index is 1.88. The standard InChI is InChI=1S/C14H18N2O3S2/c1-11-3-2-4-12(9-11)19-7-6-16-21(17,18)14-5-8-20-13(14)10-15/h2-5,8-9,16H,6-7,10,15H2,1H3. The first-order valence-electron chi connectivity index (χ1n) is 6.48. The number of hydrogen-bond acceptors (Lipinski definition) is 5. The van der Waals surface area contributed by atoms with Crippen LogP contribution in [0.25, 0.3) is 0 Å². The van der Waals surface area contributed by atoms with Crippen LogP contribution in [0.2, 0.25) is 0 Å². The lowest BCUT2D eigenvalue weighted by Crippen LogP contribution is -2.28. The highest BCUT2D eigenvalue weighted by atomic mass is 32.2. The van der Waals surface area contributed by atoms with E-state index in [4.69, 9.17) is 10.5 Å². The smallest absolute Gasteiger partial charge is 0.241 e. The molecule has 0 atom stereocenters. The molecular formula is C14H18N2O3S2. The minimum absolute atomic E-state index is 0.204. The van der Waals surface area contributed by atoms with Gasteiger partial charge >= 0.3 is 0 Å². The second kappa shape index (κ2) is 7.04. The second-order valence-electron chi connectivity index (χ2n) is 4.47. The molecule has 7 heteroatoms. The molecule has 0 radical (unpaired) electrons. The Bertz CT molecular complexity index is 696. The van der Waals surface area contributed by atoms with Crippen LogP contribution in [0.1, 0.15) is 10.4 Å². The molecule has 0 unspecified atom stereocenters. The van der Waals surface area contributed by atoms with E-state index in [1.165, 1.54) is 11.3 Å². The predicted octanol–water partition coefficient (Wildman–Crippen LogP) is 1.87. The fourth-order valence-corrected chi connectivity index (χ4v) is 4.19. The third kappa shape index (κ3) is 4.28. The molecule has 0 spiro atoms. The predicted molar refractivity (Wildman–Crippen MR) is 84.1 cm³/mol. The Morgan fingerprint density at radius 1 is 1.33 bits per heavy atom. The minimum Gasteiger partial charge on any atom is -0.492 e. The molecule has 1 aromatic heterocycles. The first-order chi connectivity index (χ1) is 10.0. The third-order valence-electron chi connectivity index (χ3n) is 2.83. The van der Waals surface area contributed by atoms with Crippen LogP contribution in [0.4, 0.5) is 0 Å². The molecule has 0 fully saturated rings. The maximum absolute atomic E-state index is 12.1. The van der Waals surface area contributed by atoms with Crippen molar-refractivity contribution >= 4 is 21.4 Å². The molecule has 1 heterocycles. The summed E-state index contributed by atoms with van der Waals surface area (Å²) in [4.78, 5) is 0.910. The van der Waals surface area contributed by atoms with Gasteiger partial charge in [0.2, 0.25) is 10.0 Å². The van der Waals surface area contributed by atoms with Gasteiger partial charge in [0.25, 0.3) is 0 Å². The number of ether oxygens (including phenoxy) is 1. The lowest BCUT2D eigenvalue weighted by molar-refractivity contribution is 0.322. The lowest BCUT2D eigenvalue weighted by Gasteiger charge is -2.09.